The molecule has 0 spiro atoms. The number of aromatic nitrogens is 1. The number of fused-ring (bicyclic) bond motifs is 1. The van der Waals surface area contributed by atoms with Crippen LogP contribution in [0.2, 0.25) is 0 Å². The van der Waals surface area contributed by atoms with E-state index in [9.17, 15) is 0 Å². The Kier molecular flexibility index (Phi) is 3.25. The molecule has 0 saturated heterocycles. The van der Waals surface area contributed by atoms with Crippen molar-refractivity contribution >= 4 is 16.6 Å². The van der Waals surface area contributed by atoms with Crippen LogP contribution < -0.4 is 22.7 Å². The van der Waals surface area contributed by atoms with Crippen molar-refractivity contribution in [2.24, 2.45) is 0 Å². The molecular weight excluding hydrogens is 232 g/mol. The van der Waals surface area contributed by atoms with Gasteiger partial charge in [-0.3, -0.25) is 0 Å². The average molecular weight is 249 g/mol. The van der Waals surface area contributed by atoms with E-state index in [0.29, 0.717) is 0 Å². The van der Waals surface area contributed by atoms with Gasteiger partial charge in [-0.1, -0.05) is 0 Å². The summed E-state index contributed by atoms with van der Waals surface area (Å²) >= 11 is 0. The second kappa shape index (κ2) is 4.53. The van der Waals surface area contributed by atoms with Crippen LogP contribution in [0.1, 0.15) is 31.2 Å². The van der Waals surface area contributed by atoms with Crippen molar-refractivity contribution < 1.29 is 17.0 Å². The number of anilines is 1. The van der Waals surface area contributed by atoms with Gasteiger partial charge in [0.15, 0.2) is 6.20 Å². The number of aryl methyl sites for hydroxylation is 1. The lowest BCUT2D eigenvalue weighted by Crippen LogP contribution is -3.00. The Bertz CT molecular complexity index is 547. The Balaban J connectivity index is 0.00000108. The van der Waals surface area contributed by atoms with Crippen molar-refractivity contribution in [3.63, 3.8) is 0 Å². The fraction of sp³-hybridized carbons (Fsp3) is 0.357. The molecule has 3 rings (SSSR count). The lowest BCUT2D eigenvalue weighted by atomic mass is 10.0. The lowest BCUT2D eigenvalue weighted by molar-refractivity contribution is -0.667. The van der Waals surface area contributed by atoms with Crippen LogP contribution in [0, 0.1) is 0 Å². The maximum Gasteiger partial charge on any atom is 0.212 e. The van der Waals surface area contributed by atoms with Gasteiger partial charge in [-0.05, 0) is 43.4 Å². The Morgan fingerprint density at radius 2 is 2.06 bits per heavy atom. The Morgan fingerprint density at radius 1 is 1.29 bits per heavy atom. The van der Waals surface area contributed by atoms with E-state index >= 15 is 0 Å². The predicted octanol–water partition coefficient (Wildman–Crippen LogP) is -0.389. The number of hydrogen-bond donors (Lipinski definition) is 1. The third kappa shape index (κ3) is 2.09. The summed E-state index contributed by atoms with van der Waals surface area (Å²) < 4.78 is 2.28. The summed E-state index contributed by atoms with van der Waals surface area (Å²) in [6, 6.07) is 8.52. The molecule has 2 nitrogen and oxygen atoms in total. The Labute approximate surface area is 108 Å². The van der Waals surface area contributed by atoms with Gasteiger partial charge in [0, 0.05) is 17.8 Å². The summed E-state index contributed by atoms with van der Waals surface area (Å²) in [5.74, 6) is 0.774. The normalized spacial score (nSPS) is 14.6. The van der Waals surface area contributed by atoms with Crippen LogP contribution in [0.4, 0.5) is 5.69 Å². The third-order valence-electron chi connectivity index (χ3n) is 3.43. The second-order valence-corrected chi connectivity index (χ2v) is 4.61. The van der Waals surface area contributed by atoms with Gasteiger partial charge in [0.1, 0.15) is 6.54 Å². The molecule has 1 aromatic carbocycles. The van der Waals surface area contributed by atoms with Crippen LogP contribution >= 0.6 is 0 Å². The first-order valence-electron chi connectivity index (χ1n) is 6.01. The highest BCUT2D eigenvalue weighted by atomic mass is 35.5. The van der Waals surface area contributed by atoms with Gasteiger partial charge in [0.2, 0.25) is 5.52 Å². The van der Waals surface area contributed by atoms with E-state index in [1.165, 1.54) is 29.3 Å². The van der Waals surface area contributed by atoms with E-state index in [4.69, 9.17) is 5.73 Å². The Morgan fingerprint density at radius 3 is 2.71 bits per heavy atom. The first-order chi connectivity index (χ1) is 7.79. The molecule has 3 heteroatoms. The molecule has 0 bridgehead atoms. The highest BCUT2D eigenvalue weighted by Gasteiger charge is 2.27. The number of hydrogen-bond acceptors (Lipinski definition) is 1. The van der Waals surface area contributed by atoms with E-state index < -0.39 is 0 Å². The minimum Gasteiger partial charge on any atom is -1.00 e. The van der Waals surface area contributed by atoms with Crippen LogP contribution in [0.15, 0.2) is 30.5 Å². The lowest BCUT2D eigenvalue weighted by Gasteiger charge is -2.05. The molecule has 0 unspecified atom stereocenters. The van der Waals surface area contributed by atoms with Crippen molar-refractivity contribution in [3.8, 4) is 0 Å². The molecule has 2 N–H and O–H groups in total. The smallest absolute Gasteiger partial charge is 0.212 e. The van der Waals surface area contributed by atoms with Crippen molar-refractivity contribution in [2.45, 2.75) is 32.2 Å². The maximum atomic E-state index is 5.90. The standard InChI is InChI=1S/C14H17N2.ClH/c1-2-16-8-7-12(10-3-4-10)13-9-11(15)5-6-14(13)16;/h5-10H,2-4,15H2,1H3;1H/q+1;/p-1. The minimum atomic E-state index is 0. The molecule has 1 aliphatic carbocycles. The van der Waals surface area contributed by atoms with Crippen molar-refractivity contribution in [1.29, 1.82) is 0 Å². The highest BCUT2D eigenvalue weighted by Crippen LogP contribution is 2.42. The zero-order chi connectivity index (χ0) is 11.1. The number of nitrogen functional groups attached to an aromatic ring is 1. The van der Waals surface area contributed by atoms with Gasteiger partial charge in [-0.15, -0.1) is 0 Å². The molecule has 17 heavy (non-hydrogen) atoms. The number of nitrogens with two attached hydrogens (primary N) is 1. The maximum absolute atomic E-state index is 5.90. The fourth-order valence-electron chi connectivity index (χ4n) is 2.40. The molecule has 0 radical (unpaired) electrons. The molecule has 0 aliphatic heterocycles. The number of rotatable bonds is 2. The fourth-order valence-corrected chi connectivity index (χ4v) is 2.40. The van der Waals surface area contributed by atoms with Gasteiger partial charge < -0.3 is 18.1 Å². The van der Waals surface area contributed by atoms with Crippen LogP contribution in [0.3, 0.4) is 0 Å². The van der Waals surface area contributed by atoms with Crippen molar-refractivity contribution in [1.82, 2.24) is 0 Å². The summed E-state index contributed by atoms with van der Waals surface area (Å²) in [7, 11) is 0. The van der Waals surface area contributed by atoms with Gasteiger partial charge in [0.05, 0.1) is 5.39 Å². The quantitative estimate of drug-likeness (QED) is 0.570. The number of benzene rings is 1. The first kappa shape index (κ1) is 12.2. The van der Waals surface area contributed by atoms with Crippen molar-refractivity contribution in [3.05, 3.63) is 36.0 Å². The second-order valence-electron chi connectivity index (χ2n) is 4.61. The topological polar surface area (TPSA) is 29.9 Å². The zero-order valence-electron chi connectivity index (χ0n) is 9.99. The summed E-state index contributed by atoms with van der Waals surface area (Å²) in [6.07, 6.45) is 4.87. The molecule has 1 heterocycles. The largest absolute Gasteiger partial charge is 1.00 e. The molecule has 0 amide bonds. The van der Waals surface area contributed by atoms with Crippen LogP contribution in [-0.4, -0.2) is 0 Å². The molecule has 2 aromatic rings. The summed E-state index contributed by atoms with van der Waals surface area (Å²) in [5, 5.41) is 1.34. The minimum absolute atomic E-state index is 0. The van der Waals surface area contributed by atoms with Crippen LogP contribution in [-0.2, 0) is 6.54 Å². The molecule has 90 valence electrons. The van der Waals surface area contributed by atoms with Gasteiger partial charge in [-0.2, -0.15) is 4.57 Å². The summed E-state index contributed by atoms with van der Waals surface area (Å²) in [5.41, 5.74) is 9.54. The van der Waals surface area contributed by atoms with E-state index in [2.05, 4.69) is 35.9 Å². The number of nitrogens with zero attached hydrogens (tertiary/aromatic N) is 1. The van der Waals surface area contributed by atoms with Gasteiger partial charge >= 0.3 is 0 Å². The van der Waals surface area contributed by atoms with Crippen LogP contribution in [0.25, 0.3) is 10.9 Å². The molecule has 1 aliphatic rings. The van der Waals surface area contributed by atoms with Gasteiger partial charge in [0.25, 0.3) is 0 Å². The molecule has 0 atom stereocenters. The van der Waals surface area contributed by atoms with E-state index in [-0.39, 0.29) is 12.4 Å². The predicted molar refractivity (Wildman–Crippen MR) is 66.2 cm³/mol. The monoisotopic (exact) mass is 248 g/mol. The first-order valence-corrected chi connectivity index (χ1v) is 6.01. The molecular formula is C14H17ClN2. The SMILES string of the molecule is CC[n+]1ccc(C2CC2)c2cc(N)ccc21.[Cl-]. The third-order valence-corrected chi connectivity index (χ3v) is 3.43. The highest BCUT2D eigenvalue weighted by molar-refractivity contribution is 5.83. The zero-order valence-corrected chi connectivity index (χ0v) is 10.7. The summed E-state index contributed by atoms with van der Waals surface area (Å²) in [6.45, 7) is 3.18. The molecule has 1 saturated carbocycles. The van der Waals surface area contributed by atoms with Crippen molar-refractivity contribution in [2.75, 3.05) is 5.73 Å². The average Bonchev–Trinajstić information content (AvgIpc) is 3.11. The van der Waals surface area contributed by atoms with Gasteiger partial charge in [-0.25, -0.2) is 0 Å². The van der Waals surface area contributed by atoms with E-state index in [0.717, 1.165) is 18.2 Å². The Hall–Kier alpha value is -1.28. The summed E-state index contributed by atoms with van der Waals surface area (Å²) in [4.78, 5) is 0. The number of halogens is 1. The number of pyridine rings is 1. The van der Waals surface area contributed by atoms with E-state index in [1.54, 1.807) is 0 Å². The molecule has 1 aromatic heterocycles. The molecule has 1 fully saturated rings. The van der Waals surface area contributed by atoms with Crippen LogP contribution in [0.5, 0.6) is 0 Å². The van der Waals surface area contributed by atoms with E-state index in [1.807, 2.05) is 6.07 Å².